The van der Waals surface area contributed by atoms with Gasteiger partial charge in [0.2, 0.25) is 0 Å². The lowest BCUT2D eigenvalue weighted by Gasteiger charge is -2.42. The Bertz CT molecular complexity index is 441. The fraction of sp³-hybridized carbons (Fsp3) is 0.533. The first-order valence-electron chi connectivity index (χ1n) is 6.68. The smallest absolute Gasteiger partial charge is 0.130 e. The van der Waals surface area contributed by atoms with E-state index >= 15 is 0 Å². The van der Waals surface area contributed by atoms with Gasteiger partial charge in [-0.3, -0.25) is 0 Å². The van der Waals surface area contributed by atoms with E-state index in [0.717, 1.165) is 32.5 Å². The molecule has 0 aromatic heterocycles. The average molecular weight is 243 g/mol. The molecule has 0 spiro atoms. The zero-order valence-electron chi connectivity index (χ0n) is 11.2. The molecule has 1 fully saturated rings. The number of benzene rings is 1. The molecule has 0 bridgehead atoms. The normalized spacial score (nSPS) is 18.1. The van der Waals surface area contributed by atoms with Crippen LogP contribution in [0, 0.1) is 18.3 Å². The van der Waals surface area contributed by atoms with E-state index in [2.05, 4.69) is 54.4 Å². The number of nitrogens with zero attached hydrogens (tertiary/aromatic N) is 2. The van der Waals surface area contributed by atoms with Crippen molar-refractivity contribution in [1.29, 1.82) is 5.26 Å². The van der Waals surface area contributed by atoms with Crippen LogP contribution in [0.1, 0.15) is 25.3 Å². The van der Waals surface area contributed by atoms with E-state index in [1.807, 2.05) is 0 Å². The summed E-state index contributed by atoms with van der Waals surface area (Å²) in [7, 11) is 0. The van der Waals surface area contributed by atoms with Gasteiger partial charge < -0.3 is 10.2 Å². The summed E-state index contributed by atoms with van der Waals surface area (Å²) in [5, 5.41) is 13.0. The molecule has 0 amide bonds. The lowest BCUT2D eigenvalue weighted by Crippen LogP contribution is -2.54. The van der Waals surface area contributed by atoms with Crippen LogP contribution in [0.2, 0.25) is 0 Å². The Morgan fingerprint density at radius 2 is 2.11 bits per heavy atom. The van der Waals surface area contributed by atoms with E-state index in [1.54, 1.807) is 0 Å². The Morgan fingerprint density at radius 3 is 2.67 bits per heavy atom. The molecule has 96 valence electrons. The first-order chi connectivity index (χ1) is 8.72. The number of piperidine rings is 1. The fourth-order valence-electron chi connectivity index (χ4n) is 2.81. The molecule has 1 aliphatic heterocycles. The molecule has 0 unspecified atom stereocenters. The van der Waals surface area contributed by atoms with Crippen LogP contribution in [0.4, 0.5) is 5.69 Å². The number of rotatable bonds is 3. The molecule has 3 nitrogen and oxygen atoms in total. The molecule has 1 aliphatic rings. The van der Waals surface area contributed by atoms with Gasteiger partial charge in [-0.05, 0) is 57.5 Å². The van der Waals surface area contributed by atoms with Crippen molar-refractivity contribution in [3.8, 4) is 6.07 Å². The predicted molar refractivity (Wildman–Crippen MR) is 74.6 cm³/mol. The number of anilines is 1. The molecule has 1 N–H and O–H groups in total. The third kappa shape index (κ3) is 2.34. The first-order valence-corrected chi connectivity index (χ1v) is 6.68. The van der Waals surface area contributed by atoms with Crippen molar-refractivity contribution in [3.05, 3.63) is 29.8 Å². The molecule has 0 saturated carbocycles. The number of nitriles is 1. The average Bonchev–Trinajstić information content (AvgIpc) is 2.41. The standard InChI is InChI=1S/C15H21N3/c1-3-18(14-6-4-5-13(2)11-14)15(12-16)7-9-17-10-8-15/h4-6,11,17H,3,7-10H2,1-2H3. The first kappa shape index (κ1) is 12.9. The summed E-state index contributed by atoms with van der Waals surface area (Å²) in [6.45, 7) is 6.95. The van der Waals surface area contributed by atoms with Crippen molar-refractivity contribution in [2.45, 2.75) is 32.2 Å². The van der Waals surface area contributed by atoms with Gasteiger partial charge in [0.05, 0.1) is 6.07 Å². The zero-order valence-corrected chi connectivity index (χ0v) is 11.2. The molecule has 1 saturated heterocycles. The van der Waals surface area contributed by atoms with Crippen LogP contribution in [0.5, 0.6) is 0 Å². The quantitative estimate of drug-likeness (QED) is 0.886. The van der Waals surface area contributed by atoms with Crippen LogP contribution < -0.4 is 10.2 Å². The van der Waals surface area contributed by atoms with E-state index in [0.29, 0.717) is 0 Å². The summed E-state index contributed by atoms with van der Waals surface area (Å²) in [5.74, 6) is 0. The highest BCUT2D eigenvalue weighted by molar-refractivity contribution is 5.53. The number of aryl methyl sites for hydroxylation is 1. The van der Waals surface area contributed by atoms with Gasteiger partial charge in [-0.25, -0.2) is 0 Å². The van der Waals surface area contributed by atoms with Crippen LogP contribution in [-0.2, 0) is 0 Å². The summed E-state index contributed by atoms with van der Waals surface area (Å²) >= 11 is 0. The summed E-state index contributed by atoms with van der Waals surface area (Å²) in [6, 6.07) is 11.0. The molecule has 0 atom stereocenters. The van der Waals surface area contributed by atoms with E-state index in [4.69, 9.17) is 0 Å². The Labute approximate surface area is 109 Å². The molecule has 2 rings (SSSR count). The lowest BCUT2D eigenvalue weighted by atomic mass is 9.87. The third-order valence-corrected chi connectivity index (χ3v) is 3.79. The Morgan fingerprint density at radius 1 is 1.39 bits per heavy atom. The van der Waals surface area contributed by atoms with E-state index < -0.39 is 0 Å². The Hall–Kier alpha value is -1.53. The van der Waals surface area contributed by atoms with Gasteiger partial charge in [0, 0.05) is 12.2 Å². The highest BCUT2D eigenvalue weighted by Crippen LogP contribution is 2.31. The second-order valence-corrected chi connectivity index (χ2v) is 4.98. The summed E-state index contributed by atoms with van der Waals surface area (Å²) in [5.41, 5.74) is 2.07. The molecule has 18 heavy (non-hydrogen) atoms. The largest absolute Gasteiger partial charge is 0.353 e. The van der Waals surface area contributed by atoms with Crippen molar-refractivity contribution < 1.29 is 0 Å². The topological polar surface area (TPSA) is 39.1 Å². The van der Waals surface area contributed by atoms with Crippen molar-refractivity contribution in [3.63, 3.8) is 0 Å². The molecule has 1 aromatic carbocycles. The second-order valence-electron chi connectivity index (χ2n) is 4.98. The van der Waals surface area contributed by atoms with E-state index in [1.165, 1.54) is 11.3 Å². The molecule has 0 radical (unpaired) electrons. The van der Waals surface area contributed by atoms with Crippen LogP contribution in [0.3, 0.4) is 0 Å². The molecule has 3 heteroatoms. The minimum Gasteiger partial charge on any atom is -0.353 e. The van der Waals surface area contributed by atoms with Crippen LogP contribution in [0.25, 0.3) is 0 Å². The monoisotopic (exact) mass is 243 g/mol. The number of hydrogen-bond acceptors (Lipinski definition) is 3. The zero-order chi connectivity index (χ0) is 13.0. The van der Waals surface area contributed by atoms with Gasteiger partial charge in [-0.2, -0.15) is 5.26 Å². The summed E-state index contributed by atoms with van der Waals surface area (Å²) in [6.07, 6.45) is 1.79. The van der Waals surface area contributed by atoms with Gasteiger partial charge in [0.15, 0.2) is 0 Å². The molecule has 0 aliphatic carbocycles. The Kier molecular flexibility index (Phi) is 3.88. The van der Waals surface area contributed by atoms with Gasteiger partial charge in [-0.1, -0.05) is 12.1 Å². The van der Waals surface area contributed by atoms with E-state index in [9.17, 15) is 5.26 Å². The third-order valence-electron chi connectivity index (χ3n) is 3.79. The highest BCUT2D eigenvalue weighted by Gasteiger charge is 2.37. The molecular weight excluding hydrogens is 222 g/mol. The van der Waals surface area contributed by atoms with Crippen LogP contribution in [-0.4, -0.2) is 25.2 Å². The SMILES string of the molecule is CCN(c1cccc(C)c1)C1(C#N)CCNCC1. The predicted octanol–water partition coefficient (Wildman–Crippen LogP) is 2.47. The fourth-order valence-corrected chi connectivity index (χ4v) is 2.81. The second kappa shape index (κ2) is 5.41. The van der Waals surface area contributed by atoms with Crippen molar-refractivity contribution in [2.24, 2.45) is 0 Å². The van der Waals surface area contributed by atoms with Crippen molar-refractivity contribution >= 4 is 5.69 Å². The Balaban J connectivity index is 2.35. The highest BCUT2D eigenvalue weighted by atomic mass is 15.2. The minimum absolute atomic E-state index is 0.339. The summed E-state index contributed by atoms with van der Waals surface area (Å²) in [4.78, 5) is 2.26. The van der Waals surface area contributed by atoms with Crippen molar-refractivity contribution in [2.75, 3.05) is 24.5 Å². The van der Waals surface area contributed by atoms with Gasteiger partial charge in [0.1, 0.15) is 5.54 Å². The van der Waals surface area contributed by atoms with Gasteiger partial charge in [-0.15, -0.1) is 0 Å². The van der Waals surface area contributed by atoms with Crippen LogP contribution >= 0.6 is 0 Å². The number of hydrogen-bond donors (Lipinski definition) is 1. The van der Waals surface area contributed by atoms with Crippen LogP contribution in [0.15, 0.2) is 24.3 Å². The summed E-state index contributed by atoms with van der Waals surface area (Å²) < 4.78 is 0. The number of nitrogens with one attached hydrogen (secondary N) is 1. The maximum atomic E-state index is 9.65. The maximum Gasteiger partial charge on any atom is 0.130 e. The molecular formula is C15H21N3. The van der Waals surface area contributed by atoms with Crippen molar-refractivity contribution in [1.82, 2.24) is 5.32 Å². The molecule has 1 aromatic rings. The molecule has 1 heterocycles. The van der Waals surface area contributed by atoms with Gasteiger partial charge >= 0.3 is 0 Å². The minimum atomic E-state index is -0.339. The maximum absolute atomic E-state index is 9.65. The van der Waals surface area contributed by atoms with Gasteiger partial charge in [0.25, 0.3) is 0 Å². The lowest BCUT2D eigenvalue weighted by molar-refractivity contribution is 0.359. The van der Waals surface area contributed by atoms with E-state index in [-0.39, 0.29) is 5.54 Å².